The molecule has 1 rings (SSSR count). The third kappa shape index (κ3) is 2.17. The Hall–Kier alpha value is -1.37. The summed E-state index contributed by atoms with van der Waals surface area (Å²) in [4.78, 5) is 0. The maximum atomic E-state index is 12.2. The molecule has 1 aromatic rings. The molecular formula is C8H10F2N2O2S. The number of nitrogens with zero attached hydrogens (tertiary/aromatic N) is 1. The second-order valence-electron chi connectivity index (χ2n) is 2.83. The van der Waals surface area contributed by atoms with Gasteiger partial charge in [0.15, 0.2) is 0 Å². The molecule has 0 aromatic heterocycles. The number of para-hydroxylation sites is 2. The van der Waals surface area contributed by atoms with Crippen molar-refractivity contribution in [3.8, 4) is 0 Å². The maximum absolute atomic E-state index is 12.2. The van der Waals surface area contributed by atoms with Crippen molar-refractivity contribution in [3.05, 3.63) is 24.3 Å². The van der Waals surface area contributed by atoms with Gasteiger partial charge in [0, 0.05) is 7.05 Å². The molecule has 7 heteroatoms. The third-order valence-electron chi connectivity index (χ3n) is 1.88. The van der Waals surface area contributed by atoms with E-state index in [9.17, 15) is 17.2 Å². The van der Waals surface area contributed by atoms with Gasteiger partial charge in [-0.3, -0.25) is 4.31 Å². The van der Waals surface area contributed by atoms with E-state index in [0.29, 0.717) is 4.31 Å². The van der Waals surface area contributed by atoms with Crippen molar-refractivity contribution in [3.63, 3.8) is 0 Å². The molecule has 0 saturated heterocycles. The highest BCUT2D eigenvalue weighted by Crippen LogP contribution is 2.25. The SMILES string of the molecule is CN(c1ccccc1N)S(=O)(=O)C(F)F. The Bertz CT molecular complexity index is 448. The minimum atomic E-state index is -4.63. The summed E-state index contributed by atoms with van der Waals surface area (Å²) >= 11 is 0. The standard InChI is InChI=1S/C8H10F2N2O2S/c1-12(15(13,14)8(9)10)7-5-3-2-4-6(7)11/h2-5,8H,11H2,1H3. The first-order chi connectivity index (χ1) is 6.87. The van der Waals surface area contributed by atoms with Crippen molar-refractivity contribution in [2.24, 2.45) is 0 Å². The number of nitrogens with two attached hydrogens (primary N) is 1. The minimum Gasteiger partial charge on any atom is -0.397 e. The fraction of sp³-hybridized carbons (Fsp3) is 0.250. The smallest absolute Gasteiger partial charge is 0.355 e. The zero-order valence-electron chi connectivity index (χ0n) is 7.89. The number of benzene rings is 1. The number of anilines is 2. The quantitative estimate of drug-likeness (QED) is 0.803. The Kier molecular flexibility index (Phi) is 3.13. The van der Waals surface area contributed by atoms with Gasteiger partial charge in [-0.25, -0.2) is 8.42 Å². The lowest BCUT2D eigenvalue weighted by Crippen LogP contribution is -2.32. The van der Waals surface area contributed by atoms with Gasteiger partial charge in [-0.15, -0.1) is 0 Å². The summed E-state index contributed by atoms with van der Waals surface area (Å²) in [6.07, 6.45) is 0. The number of hydrogen-bond acceptors (Lipinski definition) is 3. The molecule has 0 spiro atoms. The van der Waals surface area contributed by atoms with Crippen molar-refractivity contribution in [2.75, 3.05) is 17.1 Å². The molecule has 0 aliphatic rings. The molecule has 0 heterocycles. The second-order valence-corrected chi connectivity index (χ2v) is 4.77. The fourth-order valence-electron chi connectivity index (χ4n) is 1.03. The molecule has 1 aromatic carbocycles. The van der Waals surface area contributed by atoms with Crippen LogP contribution in [0.3, 0.4) is 0 Å². The van der Waals surface area contributed by atoms with Crippen LogP contribution in [0.1, 0.15) is 0 Å². The van der Waals surface area contributed by atoms with Crippen molar-refractivity contribution >= 4 is 21.4 Å². The van der Waals surface area contributed by atoms with E-state index in [1.54, 1.807) is 6.07 Å². The van der Waals surface area contributed by atoms with Crippen LogP contribution in [-0.2, 0) is 10.0 Å². The summed E-state index contributed by atoms with van der Waals surface area (Å²) in [6.45, 7) is 0. The molecule has 0 unspecified atom stereocenters. The lowest BCUT2D eigenvalue weighted by molar-refractivity contribution is 0.234. The Morgan fingerprint density at radius 3 is 2.33 bits per heavy atom. The number of halogens is 2. The topological polar surface area (TPSA) is 63.4 Å². The zero-order chi connectivity index (χ0) is 11.6. The first-order valence-corrected chi connectivity index (χ1v) is 5.48. The molecule has 0 radical (unpaired) electrons. The first-order valence-electron chi connectivity index (χ1n) is 3.97. The van der Waals surface area contributed by atoms with Gasteiger partial charge >= 0.3 is 5.76 Å². The highest BCUT2D eigenvalue weighted by molar-refractivity contribution is 7.93. The molecule has 84 valence electrons. The van der Waals surface area contributed by atoms with Crippen LogP contribution in [0.2, 0.25) is 0 Å². The number of alkyl halides is 2. The average molecular weight is 236 g/mol. The molecule has 4 nitrogen and oxygen atoms in total. The van der Waals surface area contributed by atoms with Crippen molar-refractivity contribution in [1.29, 1.82) is 0 Å². The summed E-state index contributed by atoms with van der Waals surface area (Å²) < 4.78 is 47.1. The lowest BCUT2D eigenvalue weighted by Gasteiger charge is -2.19. The first kappa shape index (κ1) is 11.7. The van der Waals surface area contributed by atoms with Gasteiger partial charge in [0.05, 0.1) is 11.4 Å². The monoisotopic (exact) mass is 236 g/mol. The van der Waals surface area contributed by atoms with Gasteiger partial charge in [0.2, 0.25) is 0 Å². The van der Waals surface area contributed by atoms with Crippen molar-refractivity contribution in [1.82, 2.24) is 0 Å². The van der Waals surface area contributed by atoms with Crippen LogP contribution in [0.25, 0.3) is 0 Å². The normalized spacial score (nSPS) is 11.7. The predicted octanol–water partition coefficient (Wildman–Crippen LogP) is 1.26. The van der Waals surface area contributed by atoms with Crippen LogP contribution in [0.4, 0.5) is 20.2 Å². The lowest BCUT2D eigenvalue weighted by atomic mass is 10.3. The van der Waals surface area contributed by atoms with E-state index in [-0.39, 0.29) is 11.4 Å². The number of sulfonamides is 1. The molecule has 0 amide bonds. The highest BCUT2D eigenvalue weighted by Gasteiger charge is 2.30. The molecule has 15 heavy (non-hydrogen) atoms. The van der Waals surface area contributed by atoms with E-state index in [1.165, 1.54) is 18.2 Å². The Labute approximate surface area is 86.4 Å². The van der Waals surface area contributed by atoms with E-state index < -0.39 is 15.8 Å². The number of rotatable bonds is 3. The summed E-state index contributed by atoms with van der Waals surface area (Å²) in [5, 5.41) is 0. The molecule has 2 N–H and O–H groups in total. The van der Waals surface area contributed by atoms with Crippen molar-refractivity contribution in [2.45, 2.75) is 5.76 Å². The third-order valence-corrected chi connectivity index (χ3v) is 3.29. The van der Waals surface area contributed by atoms with Gasteiger partial charge in [-0.1, -0.05) is 12.1 Å². The van der Waals surface area contributed by atoms with E-state index in [2.05, 4.69) is 0 Å². The minimum absolute atomic E-state index is 0.0396. The van der Waals surface area contributed by atoms with E-state index >= 15 is 0 Å². The van der Waals surface area contributed by atoms with Gasteiger partial charge in [0.1, 0.15) is 0 Å². The largest absolute Gasteiger partial charge is 0.397 e. The van der Waals surface area contributed by atoms with Crippen LogP contribution in [-0.4, -0.2) is 21.2 Å². The molecule has 0 aliphatic heterocycles. The summed E-state index contributed by atoms with van der Waals surface area (Å²) in [7, 11) is -3.60. The van der Waals surface area contributed by atoms with Crippen LogP contribution in [0.5, 0.6) is 0 Å². The molecule has 0 saturated carbocycles. The predicted molar refractivity (Wildman–Crippen MR) is 54.2 cm³/mol. The second kappa shape index (κ2) is 4.01. The molecule has 0 atom stereocenters. The number of hydrogen-bond donors (Lipinski definition) is 1. The van der Waals surface area contributed by atoms with Crippen LogP contribution < -0.4 is 10.0 Å². The summed E-state index contributed by atoms with van der Waals surface area (Å²) in [6, 6.07) is 5.90. The van der Waals surface area contributed by atoms with Crippen molar-refractivity contribution < 1.29 is 17.2 Å². The van der Waals surface area contributed by atoms with Gasteiger partial charge in [-0.05, 0) is 12.1 Å². The molecular weight excluding hydrogens is 226 g/mol. The highest BCUT2D eigenvalue weighted by atomic mass is 32.2. The van der Waals surface area contributed by atoms with Crippen LogP contribution in [0.15, 0.2) is 24.3 Å². The Morgan fingerprint density at radius 2 is 1.87 bits per heavy atom. The van der Waals surface area contributed by atoms with Gasteiger partial charge in [0.25, 0.3) is 10.0 Å². The average Bonchev–Trinajstić information content (AvgIpc) is 2.17. The molecule has 0 aliphatic carbocycles. The van der Waals surface area contributed by atoms with Gasteiger partial charge in [-0.2, -0.15) is 8.78 Å². The summed E-state index contributed by atoms with van der Waals surface area (Å²) in [5.74, 6) is -3.46. The van der Waals surface area contributed by atoms with E-state index in [4.69, 9.17) is 5.73 Å². The van der Waals surface area contributed by atoms with Gasteiger partial charge < -0.3 is 5.73 Å². The zero-order valence-corrected chi connectivity index (χ0v) is 8.71. The Morgan fingerprint density at radius 1 is 1.33 bits per heavy atom. The van der Waals surface area contributed by atoms with E-state index in [0.717, 1.165) is 7.05 Å². The maximum Gasteiger partial charge on any atom is 0.355 e. The van der Waals surface area contributed by atoms with E-state index in [1.807, 2.05) is 0 Å². The molecule has 0 fully saturated rings. The number of nitrogen functional groups attached to an aromatic ring is 1. The molecule has 0 bridgehead atoms. The summed E-state index contributed by atoms with van der Waals surface area (Å²) in [5.41, 5.74) is 5.64. The van der Waals surface area contributed by atoms with Crippen LogP contribution in [0, 0.1) is 0 Å². The Balaban J connectivity index is 3.17. The van der Waals surface area contributed by atoms with Crippen LogP contribution >= 0.6 is 0 Å². The fourth-order valence-corrected chi connectivity index (χ4v) is 1.71.